The number of nitrogens with two attached hydrogens (primary N) is 1. The summed E-state index contributed by atoms with van der Waals surface area (Å²) in [6.07, 6.45) is 1.25. The topological polar surface area (TPSA) is 79.5 Å². The molecule has 0 aliphatic carbocycles. The molecule has 8 heteroatoms. The van der Waals surface area contributed by atoms with Crippen molar-refractivity contribution in [2.45, 2.75) is 17.9 Å². The average Bonchev–Trinajstić information content (AvgIpc) is 2.35. The normalized spacial score (nSPS) is 22.6. The number of hydrogen-bond donors (Lipinski definition) is 1. The third-order valence-electron chi connectivity index (χ3n) is 3.40. The number of hydrogen-bond acceptors (Lipinski definition) is 5. The molecular weight excluding hydrogens is 288 g/mol. The highest BCUT2D eigenvalue weighted by molar-refractivity contribution is 7.89. The molecule has 1 saturated heterocycles. The first-order valence-corrected chi connectivity index (χ1v) is 7.75. The average molecular weight is 305 g/mol. The van der Waals surface area contributed by atoms with Crippen LogP contribution < -0.4 is 5.73 Å². The first-order valence-electron chi connectivity index (χ1n) is 5.94. The zero-order valence-electron chi connectivity index (χ0n) is 10.9. The number of pyridine rings is 1. The van der Waals surface area contributed by atoms with Crippen LogP contribution in [-0.4, -0.2) is 55.3 Å². The molecule has 0 amide bonds. The fourth-order valence-electron chi connectivity index (χ4n) is 1.95. The number of halogens is 1. The maximum absolute atomic E-state index is 12.5. The number of piperazine rings is 1. The number of nitrogen functional groups attached to an aromatic ring is 1. The minimum Gasteiger partial charge on any atom is -0.382 e. The van der Waals surface area contributed by atoms with E-state index in [1.807, 2.05) is 14.0 Å². The Morgan fingerprint density at radius 1 is 1.47 bits per heavy atom. The second kappa shape index (κ2) is 5.24. The molecule has 0 spiro atoms. The highest BCUT2D eigenvalue weighted by Gasteiger charge is 2.31. The molecule has 0 saturated carbocycles. The number of rotatable bonds is 2. The van der Waals surface area contributed by atoms with E-state index in [0.29, 0.717) is 19.6 Å². The maximum Gasteiger partial charge on any atom is 0.244 e. The van der Waals surface area contributed by atoms with Crippen molar-refractivity contribution in [3.05, 3.63) is 17.3 Å². The van der Waals surface area contributed by atoms with Crippen LogP contribution in [0, 0.1) is 0 Å². The summed E-state index contributed by atoms with van der Waals surface area (Å²) < 4.78 is 26.4. The van der Waals surface area contributed by atoms with Crippen molar-refractivity contribution in [2.75, 3.05) is 32.4 Å². The molecule has 1 atom stereocenters. The van der Waals surface area contributed by atoms with Gasteiger partial charge in [-0.3, -0.25) is 0 Å². The Balaban J connectivity index is 2.29. The Labute approximate surface area is 118 Å². The van der Waals surface area contributed by atoms with Crippen LogP contribution in [0.1, 0.15) is 6.92 Å². The summed E-state index contributed by atoms with van der Waals surface area (Å²) in [4.78, 5) is 6.02. The summed E-state index contributed by atoms with van der Waals surface area (Å²) in [5.74, 6) is 0.132. The van der Waals surface area contributed by atoms with E-state index in [4.69, 9.17) is 17.3 Å². The van der Waals surface area contributed by atoms with Gasteiger partial charge in [-0.05, 0) is 20.0 Å². The van der Waals surface area contributed by atoms with Crippen molar-refractivity contribution in [3.63, 3.8) is 0 Å². The van der Waals surface area contributed by atoms with Crippen LogP contribution in [0.5, 0.6) is 0 Å². The molecule has 2 rings (SSSR count). The third-order valence-corrected chi connectivity index (χ3v) is 5.54. The zero-order valence-corrected chi connectivity index (χ0v) is 12.4. The van der Waals surface area contributed by atoms with Gasteiger partial charge in [-0.25, -0.2) is 13.4 Å². The molecule has 6 nitrogen and oxygen atoms in total. The molecule has 106 valence electrons. The molecular formula is C11H17ClN4O2S. The molecule has 1 unspecified atom stereocenters. The van der Waals surface area contributed by atoms with Crippen LogP contribution in [0.3, 0.4) is 0 Å². The lowest BCUT2D eigenvalue weighted by Gasteiger charge is -2.36. The number of sulfonamides is 1. The summed E-state index contributed by atoms with van der Waals surface area (Å²) in [6, 6.07) is 1.53. The summed E-state index contributed by atoms with van der Waals surface area (Å²) in [5, 5.41) is 0.156. The Bertz CT molecular complexity index is 578. The van der Waals surface area contributed by atoms with E-state index in [1.54, 1.807) is 0 Å². The van der Waals surface area contributed by atoms with Crippen LogP contribution in [0.2, 0.25) is 5.02 Å². The SMILES string of the molecule is CC1CN(S(=O)(=O)c2cnc(N)c(Cl)c2)CCN1C. The van der Waals surface area contributed by atoms with E-state index in [-0.39, 0.29) is 21.8 Å². The van der Waals surface area contributed by atoms with E-state index in [2.05, 4.69) is 9.88 Å². The Kier molecular flexibility index (Phi) is 4.00. The van der Waals surface area contributed by atoms with Gasteiger partial charge in [0.25, 0.3) is 0 Å². The van der Waals surface area contributed by atoms with Gasteiger partial charge in [0.1, 0.15) is 10.7 Å². The first kappa shape index (κ1) is 14.5. The predicted molar refractivity (Wildman–Crippen MR) is 74.5 cm³/mol. The van der Waals surface area contributed by atoms with E-state index >= 15 is 0 Å². The van der Waals surface area contributed by atoms with Gasteiger partial charge in [-0.2, -0.15) is 4.31 Å². The van der Waals surface area contributed by atoms with E-state index in [9.17, 15) is 8.42 Å². The van der Waals surface area contributed by atoms with Gasteiger partial charge in [0.15, 0.2) is 0 Å². The fourth-order valence-corrected chi connectivity index (χ4v) is 3.67. The quantitative estimate of drug-likeness (QED) is 0.867. The molecule has 19 heavy (non-hydrogen) atoms. The van der Waals surface area contributed by atoms with Gasteiger partial charge < -0.3 is 10.6 Å². The largest absolute Gasteiger partial charge is 0.382 e. The van der Waals surface area contributed by atoms with E-state index < -0.39 is 10.0 Å². The van der Waals surface area contributed by atoms with Gasteiger partial charge in [-0.1, -0.05) is 11.6 Å². The molecule has 0 bridgehead atoms. The molecule has 1 aliphatic heterocycles. The molecule has 1 aromatic heterocycles. The van der Waals surface area contributed by atoms with Crippen molar-refractivity contribution in [2.24, 2.45) is 0 Å². The summed E-state index contributed by atoms with van der Waals surface area (Å²) in [6.45, 7) is 3.62. The van der Waals surface area contributed by atoms with Crippen molar-refractivity contribution in [1.29, 1.82) is 0 Å². The van der Waals surface area contributed by atoms with Gasteiger partial charge in [-0.15, -0.1) is 0 Å². The minimum atomic E-state index is -3.55. The van der Waals surface area contributed by atoms with E-state index in [1.165, 1.54) is 16.6 Å². The standard InChI is InChI=1S/C11H17ClN4O2S/c1-8-7-16(4-3-15(8)2)19(17,18)9-5-10(12)11(13)14-6-9/h5-6,8H,3-4,7H2,1-2H3,(H2,13,14). The molecule has 1 aliphatic rings. The number of nitrogens with zero attached hydrogens (tertiary/aromatic N) is 3. The van der Waals surface area contributed by atoms with Gasteiger partial charge in [0.2, 0.25) is 10.0 Å². The third kappa shape index (κ3) is 2.84. The number of aromatic nitrogens is 1. The fraction of sp³-hybridized carbons (Fsp3) is 0.545. The molecule has 1 fully saturated rings. The van der Waals surface area contributed by atoms with Crippen LogP contribution >= 0.6 is 11.6 Å². The van der Waals surface area contributed by atoms with Crippen molar-refractivity contribution in [1.82, 2.24) is 14.2 Å². The van der Waals surface area contributed by atoms with Crippen molar-refractivity contribution in [3.8, 4) is 0 Å². The van der Waals surface area contributed by atoms with Gasteiger partial charge in [0.05, 0.1) is 5.02 Å². The summed E-state index contributed by atoms with van der Waals surface area (Å²) in [5.41, 5.74) is 5.49. The minimum absolute atomic E-state index is 0.0865. The lowest BCUT2D eigenvalue weighted by atomic mass is 10.2. The zero-order chi connectivity index (χ0) is 14.2. The van der Waals surface area contributed by atoms with E-state index in [0.717, 1.165) is 0 Å². The number of anilines is 1. The van der Waals surface area contributed by atoms with Crippen LogP contribution in [-0.2, 0) is 10.0 Å². The smallest absolute Gasteiger partial charge is 0.244 e. The monoisotopic (exact) mass is 304 g/mol. The molecule has 0 radical (unpaired) electrons. The van der Waals surface area contributed by atoms with Crippen LogP contribution in [0.15, 0.2) is 17.2 Å². The first-order chi connectivity index (χ1) is 8.82. The molecule has 0 aromatic carbocycles. The Hall–Kier alpha value is -0.890. The maximum atomic E-state index is 12.5. The van der Waals surface area contributed by atoms with Crippen molar-refractivity contribution < 1.29 is 8.42 Å². The Morgan fingerprint density at radius 2 is 2.16 bits per heavy atom. The second-order valence-corrected chi connectivity index (χ2v) is 7.08. The molecule has 2 N–H and O–H groups in total. The highest BCUT2D eigenvalue weighted by Crippen LogP contribution is 2.24. The molecule has 2 heterocycles. The van der Waals surface area contributed by atoms with Crippen LogP contribution in [0.25, 0.3) is 0 Å². The van der Waals surface area contributed by atoms with Gasteiger partial charge >= 0.3 is 0 Å². The Morgan fingerprint density at radius 3 is 2.74 bits per heavy atom. The lowest BCUT2D eigenvalue weighted by Crippen LogP contribution is -2.51. The lowest BCUT2D eigenvalue weighted by molar-refractivity contribution is 0.159. The summed E-state index contributed by atoms with van der Waals surface area (Å²) >= 11 is 5.83. The number of likely N-dealkylation sites (N-methyl/N-ethyl adjacent to an activating group) is 1. The highest BCUT2D eigenvalue weighted by atomic mass is 35.5. The van der Waals surface area contributed by atoms with Gasteiger partial charge in [0, 0.05) is 31.9 Å². The van der Waals surface area contributed by atoms with Crippen LogP contribution in [0.4, 0.5) is 5.82 Å². The van der Waals surface area contributed by atoms with Crippen molar-refractivity contribution >= 4 is 27.4 Å². The second-order valence-electron chi connectivity index (χ2n) is 4.73. The summed E-state index contributed by atoms with van der Waals surface area (Å²) in [7, 11) is -1.57. The predicted octanol–water partition coefficient (Wildman–Crippen LogP) is 0.642. The molecule has 1 aromatic rings.